The van der Waals surface area contributed by atoms with Crippen LogP contribution in [0.1, 0.15) is 32.1 Å². The zero-order valence-electron chi connectivity index (χ0n) is 8.08. The quantitative estimate of drug-likeness (QED) is 0.690. The van der Waals surface area contributed by atoms with Crippen molar-refractivity contribution in [1.82, 2.24) is 15.5 Å². The van der Waals surface area contributed by atoms with E-state index >= 15 is 0 Å². The summed E-state index contributed by atoms with van der Waals surface area (Å²) in [5.41, 5.74) is 5.72. The van der Waals surface area contributed by atoms with Gasteiger partial charge in [-0.1, -0.05) is 23.9 Å². The molecule has 2 N–H and O–H groups in total. The molecule has 80 valence electrons. The van der Waals surface area contributed by atoms with Crippen LogP contribution in [0.5, 0.6) is 0 Å². The van der Waals surface area contributed by atoms with Crippen molar-refractivity contribution >= 4 is 11.8 Å². The van der Waals surface area contributed by atoms with Gasteiger partial charge in [0.15, 0.2) is 0 Å². The van der Waals surface area contributed by atoms with Crippen LogP contribution in [-0.4, -0.2) is 17.0 Å². The third kappa shape index (κ3) is 2.85. The van der Waals surface area contributed by atoms with Gasteiger partial charge in [0.25, 0.3) is 0 Å². The number of halogens is 1. The average molecular weight is 218 g/mol. The van der Waals surface area contributed by atoms with Gasteiger partial charge < -0.3 is 4.74 Å². The summed E-state index contributed by atoms with van der Waals surface area (Å²) in [5.74, 6) is 0. The molecule has 1 aliphatic carbocycles. The van der Waals surface area contributed by atoms with Crippen molar-refractivity contribution in [2.75, 3.05) is 0 Å². The van der Waals surface area contributed by atoms with E-state index in [4.69, 9.17) is 16.5 Å². The van der Waals surface area contributed by atoms with Crippen LogP contribution in [0.15, 0.2) is 12.3 Å². The zero-order valence-corrected chi connectivity index (χ0v) is 8.83. The fourth-order valence-electron chi connectivity index (χ4n) is 1.87. The molecule has 1 atom stereocenters. The molecule has 0 spiro atoms. The minimum Gasteiger partial charge on any atom is -0.355 e. The predicted molar refractivity (Wildman–Crippen MR) is 54.8 cm³/mol. The topological polar surface area (TPSA) is 36.5 Å². The second-order valence-electron chi connectivity index (χ2n) is 3.71. The Hall–Kier alpha value is -0.290. The first-order chi connectivity index (χ1) is 6.84. The SMILES string of the molecule is ClN1NC=CC(OC2CCCCC2)N1. The van der Waals surface area contributed by atoms with E-state index in [0.29, 0.717) is 6.10 Å². The molecule has 0 amide bonds. The Bertz CT molecular complexity index is 206. The molecule has 0 saturated heterocycles. The number of hydrogen-bond acceptors (Lipinski definition) is 4. The fraction of sp³-hybridized carbons (Fsp3) is 0.778. The molecule has 0 radical (unpaired) electrons. The Labute approximate surface area is 89.3 Å². The molecule has 14 heavy (non-hydrogen) atoms. The number of hydrogen-bond donors (Lipinski definition) is 2. The molecule has 0 aromatic rings. The van der Waals surface area contributed by atoms with Crippen molar-refractivity contribution in [3.8, 4) is 0 Å². The third-order valence-electron chi connectivity index (χ3n) is 2.59. The second kappa shape index (κ2) is 4.98. The molecule has 0 aromatic heterocycles. The standard InChI is InChI=1S/C9H16ClN3O/c10-13-11-7-6-9(12-13)14-8-4-2-1-3-5-8/h6-9,11-12H,1-5H2. The van der Waals surface area contributed by atoms with Crippen LogP contribution in [0.4, 0.5) is 0 Å². The van der Waals surface area contributed by atoms with E-state index in [2.05, 4.69) is 10.9 Å². The molecule has 1 fully saturated rings. The number of nitrogens with zero attached hydrogens (tertiary/aromatic N) is 1. The van der Waals surface area contributed by atoms with Gasteiger partial charge in [0, 0.05) is 18.0 Å². The molecule has 5 heteroatoms. The smallest absolute Gasteiger partial charge is 0.144 e. The van der Waals surface area contributed by atoms with Gasteiger partial charge in [0.2, 0.25) is 0 Å². The predicted octanol–water partition coefficient (Wildman–Crippen LogP) is 1.65. The van der Waals surface area contributed by atoms with Gasteiger partial charge in [-0.05, 0) is 18.9 Å². The lowest BCUT2D eigenvalue weighted by molar-refractivity contribution is -0.0516. The first kappa shape index (κ1) is 10.2. The van der Waals surface area contributed by atoms with Gasteiger partial charge >= 0.3 is 0 Å². The third-order valence-corrected chi connectivity index (χ3v) is 2.79. The summed E-state index contributed by atoms with van der Waals surface area (Å²) >= 11 is 5.71. The number of rotatable bonds is 2. The Kier molecular flexibility index (Phi) is 3.64. The van der Waals surface area contributed by atoms with Gasteiger partial charge in [-0.3, -0.25) is 5.43 Å². The summed E-state index contributed by atoms with van der Waals surface area (Å²) in [6.07, 6.45) is 10.2. The summed E-state index contributed by atoms with van der Waals surface area (Å²) < 4.78 is 7.12. The van der Waals surface area contributed by atoms with Crippen LogP contribution >= 0.6 is 11.8 Å². The summed E-state index contributed by atoms with van der Waals surface area (Å²) in [6, 6.07) is 0. The van der Waals surface area contributed by atoms with Crippen molar-refractivity contribution in [1.29, 1.82) is 0 Å². The Balaban J connectivity index is 1.78. The lowest BCUT2D eigenvalue weighted by Gasteiger charge is -2.30. The Morgan fingerprint density at radius 1 is 1.29 bits per heavy atom. The van der Waals surface area contributed by atoms with E-state index in [0.717, 1.165) is 0 Å². The highest BCUT2D eigenvalue weighted by Gasteiger charge is 2.20. The molecule has 2 aliphatic rings. The van der Waals surface area contributed by atoms with Crippen molar-refractivity contribution < 1.29 is 4.74 Å². The number of ether oxygens (including phenoxy) is 1. The summed E-state index contributed by atoms with van der Waals surface area (Å²) in [5, 5.41) is 0. The highest BCUT2D eigenvalue weighted by molar-refractivity contribution is 6.12. The molecule has 1 aliphatic heterocycles. The monoisotopic (exact) mass is 217 g/mol. The normalized spacial score (nSPS) is 30.2. The van der Waals surface area contributed by atoms with E-state index in [1.165, 1.54) is 36.7 Å². The van der Waals surface area contributed by atoms with Gasteiger partial charge in [-0.2, -0.15) is 5.43 Å². The summed E-state index contributed by atoms with van der Waals surface area (Å²) in [7, 11) is 0. The van der Waals surface area contributed by atoms with E-state index < -0.39 is 0 Å². The molecule has 2 rings (SSSR count). The zero-order chi connectivity index (χ0) is 9.80. The minimum absolute atomic E-state index is 0.100. The minimum atomic E-state index is -0.100. The van der Waals surface area contributed by atoms with Gasteiger partial charge in [0.1, 0.15) is 6.23 Å². The van der Waals surface area contributed by atoms with E-state index in [1.807, 2.05) is 6.08 Å². The first-order valence-corrected chi connectivity index (χ1v) is 5.49. The van der Waals surface area contributed by atoms with Crippen molar-refractivity contribution in [3.63, 3.8) is 0 Å². The molecule has 4 nitrogen and oxygen atoms in total. The van der Waals surface area contributed by atoms with Crippen LogP contribution < -0.4 is 10.9 Å². The number of hydrazine groups is 2. The average Bonchev–Trinajstić information content (AvgIpc) is 2.19. The molecular formula is C9H16ClN3O. The van der Waals surface area contributed by atoms with Crippen LogP contribution in [0.25, 0.3) is 0 Å². The van der Waals surface area contributed by atoms with Gasteiger partial charge in [-0.15, -0.1) is 0 Å². The van der Waals surface area contributed by atoms with Crippen molar-refractivity contribution in [3.05, 3.63) is 12.3 Å². The van der Waals surface area contributed by atoms with Gasteiger partial charge in [-0.25, -0.2) is 0 Å². The molecule has 0 aromatic carbocycles. The highest BCUT2D eigenvalue weighted by atomic mass is 35.5. The van der Waals surface area contributed by atoms with Gasteiger partial charge in [0.05, 0.1) is 6.10 Å². The maximum Gasteiger partial charge on any atom is 0.144 e. The van der Waals surface area contributed by atoms with E-state index in [1.54, 1.807) is 6.20 Å². The molecule has 0 bridgehead atoms. The lowest BCUT2D eigenvalue weighted by atomic mass is 9.98. The number of nitrogens with one attached hydrogen (secondary N) is 2. The van der Waals surface area contributed by atoms with E-state index in [9.17, 15) is 0 Å². The van der Waals surface area contributed by atoms with Crippen LogP contribution in [0, 0.1) is 0 Å². The first-order valence-electron chi connectivity index (χ1n) is 5.15. The summed E-state index contributed by atoms with van der Waals surface area (Å²) in [6.45, 7) is 0. The molecule has 1 heterocycles. The largest absolute Gasteiger partial charge is 0.355 e. The maximum absolute atomic E-state index is 5.84. The molecular weight excluding hydrogens is 202 g/mol. The van der Waals surface area contributed by atoms with Crippen molar-refractivity contribution in [2.24, 2.45) is 0 Å². The fourth-order valence-corrected chi connectivity index (χ4v) is 2.02. The Morgan fingerprint density at radius 2 is 2.07 bits per heavy atom. The molecule has 1 saturated carbocycles. The Morgan fingerprint density at radius 3 is 2.79 bits per heavy atom. The van der Waals surface area contributed by atoms with Crippen LogP contribution in [0.2, 0.25) is 0 Å². The van der Waals surface area contributed by atoms with Crippen LogP contribution in [0.3, 0.4) is 0 Å². The maximum atomic E-state index is 5.84. The lowest BCUT2D eigenvalue weighted by Crippen LogP contribution is -2.49. The summed E-state index contributed by atoms with van der Waals surface area (Å²) in [4.78, 5) is 0. The second-order valence-corrected chi connectivity index (χ2v) is 4.05. The van der Waals surface area contributed by atoms with E-state index in [-0.39, 0.29) is 6.23 Å². The van der Waals surface area contributed by atoms with Crippen LogP contribution in [-0.2, 0) is 4.74 Å². The highest BCUT2D eigenvalue weighted by Crippen LogP contribution is 2.21. The van der Waals surface area contributed by atoms with Crippen molar-refractivity contribution in [2.45, 2.75) is 44.4 Å². The molecule has 1 unspecified atom stereocenters.